The lowest BCUT2D eigenvalue weighted by atomic mass is 9.96. The van der Waals surface area contributed by atoms with Gasteiger partial charge in [0.25, 0.3) is 0 Å². The molecule has 2 aliphatic rings. The van der Waals surface area contributed by atoms with E-state index in [1.54, 1.807) is 25.3 Å². The molecule has 26 heavy (non-hydrogen) atoms. The van der Waals surface area contributed by atoms with Crippen LogP contribution in [0.4, 0.5) is 5.69 Å². The third-order valence-corrected chi connectivity index (χ3v) is 7.18. The fourth-order valence-corrected chi connectivity index (χ4v) is 5.43. The first-order chi connectivity index (χ1) is 12.5. The lowest BCUT2D eigenvalue weighted by Gasteiger charge is -2.25. The summed E-state index contributed by atoms with van der Waals surface area (Å²) >= 11 is 5.43. The summed E-state index contributed by atoms with van der Waals surface area (Å²) in [5.74, 6) is 0.568. The monoisotopic (exact) mass is 397 g/mol. The van der Waals surface area contributed by atoms with Crippen LogP contribution < -0.4 is 15.4 Å². The van der Waals surface area contributed by atoms with E-state index in [2.05, 4.69) is 10.6 Å². The van der Waals surface area contributed by atoms with Crippen LogP contribution in [0.25, 0.3) is 0 Å². The predicted octanol–water partition coefficient (Wildman–Crippen LogP) is 3.10. The molecule has 0 spiro atoms. The highest BCUT2D eigenvalue weighted by Crippen LogP contribution is 2.30. The summed E-state index contributed by atoms with van der Waals surface area (Å²) in [4.78, 5) is 0.267. The largest absolute Gasteiger partial charge is 0.495 e. The first-order valence-electron chi connectivity index (χ1n) is 9.26. The second-order valence-electron chi connectivity index (χ2n) is 6.91. The van der Waals surface area contributed by atoms with Crippen LogP contribution in [0.3, 0.4) is 0 Å². The van der Waals surface area contributed by atoms with E-state index in [-0.39, 0.29) is 4.90 Å². The number of sulfonamides is 1. The van der Waals surface area contributed by atoms with Crippen LogP contribution in [-0.4, -0.2) is 44.1 Å². The molecule has 3 rings (SSSR count). The quantitative estimate of drug-likeness (QED) is 0.744. The molecule has 1 saturated heterocycles. The van der Waals surface area contributed by atoms with Crippen molar-refractivity contribution in [1.82, 2.24) is 9.62 Å². The Labute approximate surface area is 161 Å². The van der Waals surface area contributed by atoms with Gasteiger partial charge in [-0.25, -0.2) is 8.42 Å². The van der Waals surface area contributed by atoms with Gasteiger partial charge in [0.1, 0.15) is 5.75 Å². The smallest absolute Gasteiger partial charge is 0.243 e. The third kappa shape index (κ3) is 4.47. The van der Waals surface area contributed by atoms with E-state index in [0.29, 0.717) is 35.7 Å². The summed E-state index contributed by atoms with van der Waals surface area (Å²) in [6.45, 7) is 1.16. The Morgan fingerprint density at radius 2 is 1.85 bits per heavy atom. The van der Waals surface area contributed by atoms with Gasteiger partial charge in [-0.15, -0.1) is 0 Å². The summed E-state index contributed by atoms with van der Waals surface area (Å²) in [5, 5.41) is 6.97. The number of hydrogen-bond donors (Lipinski definition) is 2. The molecule has 144 valence electrons. The minimum atomic E-state index is -3.48. The van der Waals surface area contributed by atoms with Crippen molar-refractivity contribution in [3.63, 3.8) is 0 Å². The highest BCUT2D eigenvalue weighted by Gasteiger charge is 2.28. The topological polar surface area (TPSA) is 70.7 Å². The molecule has 0 amide bonds. The first-order valence-corrected chi connectivity index (χ1v) is 11.1. The van der Waals surface area contributed by atoms with Crippen molar-refractivity contribution in [3.8, 4) is 5.75 Å². The highest BCUT2D eigenvalue weighted by atomic mass is 32.2. The molecule has 0 bridgehead atoms. The van der Waals surface area contributed by atoms with Gasteiger partial charge in [0.05, 0.1) is 17.7 Å². The van der Waals surface area contributed by atoms with E-state index in [1.807, 2.05) is 0 Å². The van der Waals surface area contributed by atoms with Crippen molar-refractivity contribution >= 4 is 33.0 Å². The second-order valence-corrected chi connectivity index (χ2v) is 9.25. The highest BCUT2D eigenvalue weighted by molar-refractivity contribution is 7.89. The number of nitrogens with zero attached hydrogens (tertiary/aromatic N) is 1. The molecule has 8 heteroatoms. The number of benzene rings is 1. The molecular weight excluding hydrogens is 370 g/mol. The Kier molecular flexibility index (Phi) is 6.37. The van der Waals surface area contributed by atoms with Crippen LogP contribution >= 0.6 is 12.2 Å². The number of ether oxygens (including phenoxy) is 1. The zero-order chi connectivity index (χ0) is 18.6. The van der Waals surface area contributed by atoms with E-state index in [9.17, 15) is 8.42 Å². The van der Waals surface area contributed by atoms with Gasteiger partial charge in [0.2, 0.25) is 10.0 Å². The van der Waals surface area contributed by atoms with E-state index in [1.165, 1.54) is 23.6 Å². The van der Waals surface area contributed by atoms with Crippen molar-refractivity contribution in [2.45, 2.75) is 55.9 Å². The fraction of sp³-hybridized carbons (Fsp3) is 0.611. The summed E-state index contributed by atoms with van der Waals surface area (Å²) in [6.07, 6.45) is 7.76. The standard InChI is InChI=1S/C18H27N3O3S2/c1-24-17-10-9-15(26(22,23)21-11-5-6-12-21)13-16(17)20-18(25)19-14-7-3-2-4-8-14/h9-10,13-14H,2-8,11-12H2,1H3,(H2,19,20,25). The van der Waals surface area contributed by atoms with Gasteiger partial charge in [-0.2, -0.15) is 4.31 Å². The summed E-state index contributed by atoms with van der Waals surface area (Å²) < 4.78 is 32.5. The molecular formula is C18H27N3O3S2. The molecule has 1 aromatic carbocycles. The van der Waals surface area contributed by atoms with Gasteiger partial charge in [-0.3, -0.25) is 0 Å². The Hall–Kier alpha value is -1.38. The zero-order valence-electron chi connectivity index (χ0n) is 15.2. The van der Waals surface area contributed by atoms with Gasteiger partial charge < -0.3 is 15.4 Å². The Morgan fingerprint density at radius 1 is 1.15 bits per heavy atom. The van der Waals surface area contributed by atoms with Gasteiger partial charge >= 0.3 is 0 Å². The maximum Gasteiger partial charge on any atom is 0.243 e. The van der Waals surface area contributed by atoms with Gasteiger partial charge in [-0.1, -0.05) is 19.3 Å². The predicted molar refractivity (Wildman–Crippen MR) is 107 cm³/mol. The van der Waals surface area contributed by atoms with Gasteiger partial charge in [0.15, 0.2) is 5.11 Å². The lowest BCUT2D eigenvalue weighted by molar-refractivity contribution is 0.413. The van der Waals surface area contributed by atoms with E-state index < -0.39 is 10.0 Å². The molecule has 1 aromatic rings. The van der Waals surface area contributed by atoms with Gasteiger partial charge in [-0.05, 0) is 56.1 Å². The molecule has 0 atom stereocenters. The van der Waals surface area contributed by atoms with Crippen molar-refractivity contribution in [3.05, 3.63) is 18.2 Å². The minimum Gasteiger partial charge on any atom is -0.495 e. The molecule has 1 aliphatic heterocycles. The van der Waals surface area contributed by atoms with Crippen molar-refractivity contribution in [2.75, 3.05) is 25.5 Å². The number of nitrogens with one attached hydrogen (secondary N) is 2. The zero-order valence-corrected chi connectivity index (χ0v) is 16.8. The van der Waals surface area contributed by atoms with E-state index in [0.717, 1.165) is 25.7 Å². The fourth-order valence-electron chi connectivity index (χ4n) is 3.61. The minimum absolute atomic E-state index is 0.267. The summed E-state index contributed by atoms with van der Waals surface area (Å²) in [6, 6.07) is 5.26. The van der Waals surface area contributed by atoms with Crippen molar-refractivity contribution < 1.29 is 13.2 Å². The molecule has 1 heterocycles. The van der Waals surface area contributed by atoms with Crippen LogP contribution in [0.15, 0.2) is 23.1 Å². The van der Waals surface area contributed by atoms with Crippen molar-refractivity contribution in [2.24, 2.45) is 0 Å². The molecule has 1 aliphatic carbocycles. The SMILES string of the molecule is COc1ccc(S(=O)(=O)N2CCCC2)cc1NC(=S)NC1CCCCC1. The normalized spacial score (nSPS) is 19.3. The molecule has 1 saturated carbocycles. The maximum absolute atomic E-state index is 12.8. The van der Waals surface area contributed by atoms with Crippen LogP contribution in [0.2, 0.25) is 0 Å². The number of thiocarbonyl (C=S) groups is 1. The van der Waals surface area contributed by atoms with Crippen LogP contribution in [0, 0.1) is 0 Å². The number of methoxy groups -OCH3 is 1. The Balaban J connectivity index is 1.75. The molecule has 0 aromatic heterocycles. The summed E-state index contributed by atoms with van der Waals surface area (Å²) in [5.41, 5.74) is 0.570. The maximum atomic E-state index is 12.8. The van der Waals surface area contributed by atoms with Crippen LogP contribution in [0.1, 0.15) is 44.9 Å². The molecule has 6 nitrogen and oxygen atoms in total. The molecule has 0 unspecified atom stereocenters. The molecule has 2 fully saturated rings. The number of rotatable bonds is 5. The molecule has 2 N–H and O–H groups in total. The average Bonchev–Trinajstić information content (AvgIpc) is 3.18. The lowest BCUT2D eigenvalue weighted by Crippen LogP contribution is -2.38. The average molecular weight is 398 g/mol. The summed E-state index contributed by atoms with van der Waals surface area (Å²) in [7, 11) is -1.91. The first kappa shape index (κ1) is 19.4. The Morgan fingerprint density at radius 3 is 2.50 bits per heavy atom. The third-order valence-electron chi connectivity index (χ3n) is 5.06. The van der Waals surface area contributed by atoms with Gasteiger partial charge in [0, 0.05) is 19.1 Å². The van der Waals surface area contributed by atoms with Crippen molar-refractivity contribution in [1.29, 1.82) is 0 Å². The number of anilines is 1. The van der Waals surface area contributed by atoms with Crippen LogP contribution in [0.5, 0.6) is 5.75 Å². The van der Waals surface area contributed by atoms with E-state index in [4.69, 9.17) is 17.0 Å². The molecule has 0 radical (unpaired) electrons. The second kappa shape index (κ2) is 8.54. The Bertz CT molecular complexity index is 740. The number of hydrogen-bond acceptors (Lipinski definition) is 4. The van der Waals surface area contributed by atoms with E-state index >= 15 is 0 Å². The van der Waals surface area contributed by atoms with Crippen LogP contribution in [-0.2, 0) is 10.0 Å².